The highest BCUT2D eigenvalue weighted by Gasteiger charge is 2.40. The van der Waals surface area contributed by atoms with Crippen molar-refractivity contribution in [3.63, 3.8) is 0 Å². The molecule has 0 bridgehead atoms. The molecule has 0 unspecified atom stereocenters. The zero-order chi connectivity index (χ0) is 22.7. The average Bonchev–Trinajstić information content (AvgIpc) is 3.41. The molecule has 32 heavy (non-hydrogen) atoms. The Balaban J connectivity index is 1.74. The predicted molar refractivity (Wildman–Crippen MR) is 125 cm³/mol. The number of ether oxygens (including phenoxy) is 3. The summed E-state index contributed by atoms with van der Waals surface area (Å²) in [4.78, 5) is 28.7. The van der Waals surface area contributed by atoms with Crippen LogP contribution in [0.5, 0.6) is 17.2 Å². The Hall–Kier alpha value is -3.78. The van der Waals surface area contributed by atoms with E-state index in [1.807, 2.05) is 24.4 Å². The Bertz CT molecular complexity index is 1150. The van der Waals surface area contributed by atoms with Crippen LogP contribution >= 0.6 is 11.3 Å². The number of nitrogens with zero attached hydrogens (tertiary/aromatic N) is 1. The minimum absolute atomic E-state index is 0.196. The number of methoxy groups -OCH3 is 2. The summed E-state index contributed by atoms with van der Waals surface area (Å²) in [6.45, 7) is 2.42. The van der Waals surface area contributed by atoms with E-state index in [4.69, 9.17) is 14.2 Å². The molecule has 0 aliphatic carbocycles. The van der Waals surface area contributed by atoms with Gasteiger partial charge in [-0.2, -0.15) is 0 Å². The maximum Gasteiger partial charge on any atom is 0.282 e. The van der Waals surface area contributed by atoms with Crippen LogP contribution in [0, 0.1) is 0 Å². The van der Waals surface area contributed by atoms with Crippen LogP contribution in [0.25, 0.3) is 5.57 Å². The first-order valence-corrected chi connectivity index (χ1v) is 10.8. The van der Waals surface area contributed by atoms with Gasteiger partial charge >= 0.3 is 0 Å². The van der Waals surface area contributed by atoms with E-state index >= 15 is 0 Å². The number of anilines is 2. The Morgan fingerprint density at radius 2 is 1.59 bits per heavy atom. The molecule has 0 saturated carbocycles. The van der Waals surface area contributed by atoms with Crippen LogP contribution in [0.1, 0.15) is 11.8 Å². The fraction of sp³-hybridized carbons (Fsp3) is 0.167. The smallest absolute Gasteiger partial charge is 0.282 e. The van der Waals surface area contributed by atoms with E-state index in [0.29, 0.717) is 45.7 Å². The summed E-state index contributed by atoms with van der Waals surface area (Å²) in [6, 6.07) is 15.7. The van der Waals surface area contributed by atoms with Crippen LogP contribution < -0.4 is 24.4 Å². The monoisotopic (exact) mass is 450 g/mol. The summed E-state index contributed by atoms with van der Waals surface area (Å²) in [5.74, 6) is 0.961. The molecule has 4 rings (SSSR count). The summed E-state index contributed by atoms with van der Waals surface area (Å²) >= 11 is 1.39. The molecule has 3 aromatic rings. The van der Waals surface area contributed by atoms with E-state index in [2.05, 4.69) is 5.32 Å². The van der Waals surface area contributed by atoms with Crippen LogP contribution in [0.4, 0.5) is 11.4 Å². The van der Waals surface area contributed by atoms with Gasteiger partial charge in [0, 0.05) is 28.8 Å². The van der Waals surface area contributed by atoms with E-state index in [1.54, 1.807) is 56.7 Å². The number of amides is 2. The van der Waals surface area contributed by atoms with Gasteiger partial charge in [0.2, 0.25) is 0 Å². The van der Waals surface area contributed by atoms with E-state index in [0.717, 1.165) is 0 Å². The highest BCUT2D eigenvalue weighted by molar-refractivity contribution is 7.11. The third-order valence-electron chi connectivity index (χ3n) is 4.88. The van der Waals surface area contributed by atoms with Crippen molar-refractivity contribution in [3.8, 4) is 17.2 Å². The molecule has 1 aliphatic rings. The fourth-order valence-corrected chi connectivity index (χ4v) is 4.18. The fourth-order valence-electron chi connectivity index (χ4n) is 3.41. The second-order valence-electron chi connectivity index (χ2n) is 6.83. The lowest BCUT2D eigenvalue weighted by Crippen LogP contribution is -2.32. The number of hydrogen-bond acceptors (Lipinski definition) is 7. The largest absolute Gasteiger partial charge is 0.497 e. The van der Waals surface area contributed by atoms with Crippen molar-refractivity contribution in [3.05, 3.63) is 70.6 Å². The van der Waals surface area contributed by atoms with Gasteiger partial charge in [-0.25, -0.2) is 4.90 Å². The highest BCUT2D eigenvalue weighted by Crippen LogP contribution is 2.37. The minimum Gasteiger partial charge on any atom is -0.497 e. The maximum atomic E-state index is 13.4. The first-order chi connectivity index (χ1) is 15.5. The first kappa shape index (κ1) is 21.5. The van der Waals surface area contributed by atoms with Gasteiger partial charge in [-0.1, -0.05) is 6.07 Å². The van der Waals surface area contributed by atoms with E-state index in [-0.39, 0.29) is 11.6 Å². The molecule has 8 heteroatoms. The number of carbonyl (C=O) groups is 2. The number of thiophene rings is 1. The van der Waals surface area contributed by atoms with Gasteiger partial charge in [-0.3, -0.25) is 9.59 Å². The molecular weight excluding hydrogens is 428 g/mol. The quantitative estimate of drug-likeness (QED) is 0.507. The lowest BCUT2D eigenvalue weighted by molar-refractivity contribution is -0.120. The summed E-state index contributed by atoms with van der Waals surface area (Å²) in [6.07, 6.45) is 0. The molecule has 164 valence electrons. The second-order valence-corrected chi connectivity index (χ2v) is 7.77. The van der Waals surface area contributed by atoms with E-state index in [1.165, 1.54) is 16.2 Å². The molecule has 7 nitrogen and oxygen atoms in total. The predicted octanol–water partition coefficient (Wildman–Crippen LogP) is 4.56. The van der Waals surface area contributed by atoms with Crippen LogP contribution in [-0.4, -0.2) is 32.6 Å². The van der Waals surface area contributed by atoms with Crippen molar-refractivity contribution < 1.29 is 23.8 Å². The molecule has 2 amide bonds. The van der Waals surface area contributed by atoms with Crippen molar-refractivity contribution in [2.24, 2.45) is 0 Å². The van der Waals surface area contributed by atoms with Gasteiger partial charge in [-0.05, 0) is 42.6 Å². The van der Waals surface area contributed by atoms with Crippen LogP contribution in [0.2, 0.25) is 0 Å². The van der Waals surface area contributed by atoms with E-state index < -0.39 is 5.91 Å². The van der Waals surface area contributed by atoms with Gasteiger partial charge in [0.05, 0.1) is 32.1 Å². The average molecular weight is 451 g/mol. The van der Waals surface area contributed by atoms with Crippen molar-refractivity contribution >= 4 is 40.1 Å². The van der Waals surface area contributed by atoms with Crippen molar-refractivity contribution in [1.82, 2.24) is 0 Å². The molecular formula is C24H22N2O5S. The van der Waals surface area contributed by atoms with Crippen molar-refractivity contribution in [1.29, 1.82) is 0 Å². The first-order valence-electron chi connectivity index (χ1n) is 9.95. The van der Waals surface area contributed by atoms with Gasteiger partial charge < -0.3 is 19.5 Å². The Kier molecular flexibility index (Phi) is 6.13. The van der Waals surface area contributed by atoms with E-state index in [9.17, 15) is 9.59 Å². The number of carbonyl (C=O) groups excluding carboxylic acids is 2. The highest BCUT2D eigenvalue weighted by atomic mass is 32.1. The molecule has 0 atom stereocenters. The Morgan fingerprint density at radius 1 is 0.906 bits per heavy atom. The molecule has 2 aromatic carbocycles. The molecule has 0 radical (unpaired) electrons. The van der Waals surface area contributed by atoms with Gasteiger partial charge in [0.15, 0.2) is 0 Å². The third-order valence-corrected chi connectivity index (χ3v) is 5.77. The lowest BCUT2D eigenvalue weighted by Gasteiger charge is -2.16. The number of hydrogen-bond donors (Lipinski definition) is 1. The molecule has 2 heterocycles. The van der Waals surface area contributed by atoms with Crippen molar-refractivity contribution in [2.45, 2.75) is 6.92 Å². The molecule has 1 N–H and O–H groups in total. The summed E-state index contributed by atoms with van der Waals surface area (Å²) < 4.78 is 16.1. The molecule has 0 spiro atoms. The van der Waals surface area contributed by atoms with Crippen LogP contribution in [-0.2, 0) is 9.59 Å². The van der Waals surface area contributed by atoms with Crippen LogP contribution in [0.3, 0.4) is 0 Å². The number of rotatable bonds is 8. The summed E-state index contributed by atoms with van der Waals surface area (Å²) in [5, 5.41) is 5.00. The molecule has 1 aliphatic heterocycles. The van der Waals surface area contributed by atoms with Gasteiger partial charge in [0.25, 0.3) is 11.8 Å². The minimum atomic E-state index is -0.440. The molecule has 1 aromatic heterocycles. The topological polar surface area (TPSA) is 77.1 Å². The third kappa shape index (κ3) is 4.04. The normalized spacial score (nSPS) is 13.5. The van der Waals surface area contributed by atoms with Gasteiger partial charge in [0.1, 0.15) is 22.9 Å². The second kappa shape index (κ2) is 9.15. The number of benzene rings is 2. The summed E-state index contributed by atoms with van der Waals surface area (Å²) in [7, 11) is 3.10. The standard InChI is InChI=1S/C24H22N2O5S/c1-4-31-17-9-7-16(8-10-17)26-23(27)21(20-6-5-11-32-20)22(24(26)28)25-15-12-18(29-2)14-19(13-15)30-3/h5-14,25H,4H2,1-3H3. The van der Waals surface area contributed by atoms with Crippen LogP contribution in [0.15, 0.2) is 65.7 Å². The zero-order valence-corrected chi connectivity index (χ0v) is 18.7. The number of nitrogens with one attached hydrogen (secondary N) is 1. The molecule has 0 fully saturated rings. The SMILES string of the molecule is CCOc1ccc(N2C(=O)C(Nc3cc(OC)cc(OC)c3)=C(c3cccs3)C2=O)cc1. The lowest BCUT2D eigenvalue weighted by atomic mass is 10.1. The maximum absolute atomic E-state index is 13.4. The molecule has 0 saturated heterocycles. The van der Waals surface area contributed by atoms with Gasteiger partial charge in [-0.15, -0.1) is 11.3 Å². The van der Waals surface area contributed by atoms with Crippen molar-refractivity contribution in [2.75, 3.05) is 31.0 Å². The summed E-state index contributed by atoms with van der Waals surface area (Å²) in [5.41, 5.74) is 1.56. The zero-order valence-electron chi connectivity index (χ0n) is 17.9. The Morgan fingerprint density at radius 3 is 2.16 bits per heavy atom. The Labute approximate surface area is 189 Å². The number of imide groups is 1.